The summed E-state index contributed by atoms with van der Waals surface area (Å²) in [5, 5.41) is 6.30. The van der Waals surface area contributed by atoms with Crippen LogP contribution in [-0.2, 0) is 11.3 Å². The summed E-state index contributed by atoms with van der Waals surface area (Å²) < 4.78 is 5.23. The Morgan fingerprint density at radius 3 is 1.81 bits per heavy atom. The second-order valence-electron chi connectivity index (χ2n) is 6.20. The first-order valence-corrected chi connectivity index (χ1v) is 9.11. The van der Waals surface area contributed by atoms with E-state index in [-0.39, 0.29) is 12.6 Å². The van der Waals surface area contributed by atoms with Gasteiger partial charge < -0.3 is 15.4 Å². The van der Waals surface area contributed by atoms with Gasteiger partial charge >= 0.3 is 6.09 Å². The second kappa shape index (κ2) is 10.1. The smallest absolute Gasteiger partial charge is 0.407 e. The highest BCUT2D eigenvalue weighted by Gasteiger charge is 2.12. The summed E-state index contributed by atoms with van der Waals surface area (Å²) in [5.41, 5.74) is 3.35. The molecule has 0 aromatic heterocycles. The maximum Gasteiger partial charge on any atom is 0.407 e. The first-order chi connectivity index (χ1) is 13.3. The Balaban J connectivity index is 1.47. The van der Waals surface area contributed by atoms with E-state index in [0.717, 1.165) is 5.56 Å². The number of ether oxygens (including phenoxy) is 1. The lowest BCUT2D eigenvalue weighted by Crippen LogP contribution is -2.34. The van der Waals surface area contributed by atoms with Gasteiger partial charge in [-0.2, -0.15) is 0 Å². The standard InChI is InChI=1S/C23H24N2O2/c26-23(27-18-19-10-4-1-5-11-19)25-17-16-24-22(20-12-6-2-7-13-20)21-14-8-3-9-15-21/h1-15,22,24H,16-18H2,(H,25,26). The van der Waals surface area contributed by atoms with Crippen LogP contribution in [0, 0.1) is 0 Å². The molecule has 2 N–H and O–H groups in total. The van der Waals surface area contributed by atoms with Crippen LogP contribution in [0.15, 0.2) is 91.0 Å². The van der Waals surface area contributed by atoms with Gasteiger partial charge in [0.15, 0.2) is 0 Å². The number of carbonyl (C=O) groups is 1. The molecule has 4 nitrogen and oxygen atoms in total. The highest BCUT2D eigenvalue weighted by molar-refractivity contribution is 5.67. The molecule has 0 spiro atoms. The molecule has 0 atom stereocenters. The molecule has 0 fully saturated rings. The predicted octanol–water partition coefficient (Wildman–Crippen LogP) is 4.29. The predicted molar refractivity (Wildman–Crippen MR) is 107 cm³/mol. The van der Waals surface area contributed by atoms with Crippen LogP contribution in [0.3, 0.4) is 0 Å². The topological polar surface area (TPSA) is 50.4 Å². The summed E-state index contributed by atoms with van der Waals surface area (Å²) in [7, 11) is 0. The lowest BCUT2D eigenvalue weighted by atomic mass is 9.99. The van der Waals surface area contributed by atoms with E-state index in [1.807, 2.05) is 66.7 Å². The molecule has 3 aromatic carbocycles. The van der Waals surface area contributed by atoms with E-state index >= 15 is 0 Å². The van der Waals surface area contributed by atoms with Crippen LogP contribution < -0.4 is 10.6 Å². The number of rotatable bonds is 8. The van der Waals surface area contributed by atoms with E-state index in [2.05, 4.69) is 34.9 Å². The molecule has 3 aromatic rings. The number of hydrogen-bond acceptors (Lipinski definition) is 3. The molecule has 0 bridgehead atoms. The molecule has 0 heterocycles. The average Bonchev–Trinajstić information content (AvgIpc) is 2.74. The molecule has 1 amide bonds. The van der Waals surface area contributed by atoms with Crippen LogP contribution in [0.4, 0.5) is 4.79 Å². The summed E-state index contributed by atoms with van der Waals surface area (Å²) in [6, 6.07) is 30.3. The maximum absolute atomic E-state index is 11.8. The van der Waals surface area contributed by atoms with Crippen LogP contribution in [0.25, 0.3) is 0 Å². The van der Waals surface area contributed by atoms with Gasteiger partial charge in [0.2, 0.25) is 0 Å². The van der Waals surface area contributed by atoms with Crippen molar-refractivity contribution >= 4 is 6.09 Å². The number of nitrogens with one attached hydrogen (secondary N) is 2. The summed E-state index contributed by atoms with van der Waals surface area (Å²) >= 11 is 0. The van der Waals surface area contributed by atoms with Gasteiger partial charge in [0, 0.05) is 13.1 Å². The fourth-order valence-electron chi connectivity index (χ4n) is 2.87. The van der Waals surface area contributed by atoms with Crippen molar-refractivity contribution in [1.82, 2.24) is 10.6 Å². The van der Waals surface area contributed by atoms with Crippen molar-refractivity contribution < 1.29 is 9.53 Å². The number of alkyl carbamates (subject to hydrolysis) is 1. The molecule has 0 aliphatic carbocycles. The van der Waals surface area contributed by atoms with Crippen LogP contribution in [0.1, 0.15) is 22.7 Å². The lowest BCUT2D eigenvalue weighted by molar-refractivity contribution is 0.139. The van der Waals surface area contributed by atoms with Gasteiger partial charge in [-0.05, 0) is 16.7 Å². The van der Waals surface area contributed by atoms with Crippen LogP contribution >= 0.6 is 0 Å². The third-order valence-corrected chi connectivity index (χ3v) is 4.22. The van der Waals surface area contributed by atoms with Crippen molar-refractivity contribution in [3.8, 4) is 0 Å². The first kappa shape index (κ1) is 18.7. The van der Waals surface area contributed by atoms with E-state index in [0.29, 0.717) is 13.1 Å². The minimum Gasteiger partial charge on any atom is -0.445 e. The van der Waals surface area contributed by atoms with Crippen molar-refractivity contribution in [3.05, 3.63) is 108 Å². The van der Waals surface area contributed by atoms with Crippen LogP contribution in [0.5, 0.6) is 0 Å². The molecule has 138 valence electrons. The van der Waals surface area contributed by atoms with E-state index in [1.54, 1.807) is 0 Å². The fraction of sp³-hybridized carbons (Fsp3) is 0.174. The Morgan fingerprint density at radius 1 is 0.741 bits per heavy atom. The van der Waals surface area contributed by atoms with Crippen molar-refractivity contribution in [3.63, 3.8) is 0 Å². The largest absolute Gasteiger partial charge is 0.445 e. The third-order valence-electron chi connectivity index (χ3n) is 4.22. The Hall–Kier alpha value is -3.11. The van der Waals surface area contributed by atoms with Crippen LogP contribution in [-0.4, -0.2) is 19.2 Å². The second-order valence-corrected chi connectivity index (χ2v) is 6.20. The molecule has 27 heavy (non-hydrogen) atoms. The van der Waals surface area contributed by atoms with Crippen molar-refractivity contribution in [2.45, 2.75) is 12.6 Å². The highest BCUT2D eigenvalue weighted by atomic mass is 16.5. The maximum atomic E-state index is 11.8. The number of amides is 1. The number of hydrogen-bond donors (Lipinski definition) is 2. The molecule has 0 aliphatic heterocycles. The monoisotopic (exact) mass is 360 g/mol. The Labute approximate surface area is 160 Å². The van der Waals surface area contributed by atoms with Crippen molar-refractivity contribution in [2.75, 3.05) is 13.1 Å². The molecule has 0 unspecified atom stereocenters. The third kappa shape index (κ3) is 5.97. The summed E-state index contributed by atoms with van der Waals surface area (Å²) in [6.45, 7) is 1.40. The Morgan fingerprint density at radius 2 is 1.26 bits per heavy atom. The van der Waals surface area contributed by atoms with Gasteiger partial charge in [0.05, 0.1) is 6.04 Å². The van der Waals surface area contributed by atoms with E-state index in [4.69, 9.17) is 4.74 Å². The van der Waals surface area contributed by atoms with Gasteiger partial charge in [-0.3, -0.25) is 0 Å². The van der Waals surface area contributed by atoms with Crippen LogP contribution in [0.2, 0.25) is 0 Å². The molecular formula is C23H24N2O2. The summed E-state index contributed by atoms with van der Waals surface area (Å²) in [6.07, 6.45) is -0.406. The van der Waals surface area contributed by atoms with E-state index in [1.165, 1.54) is 11.1 Å². The zero-order chi connectivity index (χ0) is 18.7. The summed E-state index contributed by atoms with van der Waals surface area (Å²) in [4.78, 5) is 11.8. The molecule has 0 radical (unpaired) electrons. The first-order valence-electron chi connectivity index (χ1n) is 9.11. The average molecular weight is 360 g/mol. The minimum atomic E-state index is -0.406. The molecule has 0 saturated heterocycles. The minimum absolute atomic E-state index is 0.0783. The van der Waals surface area contributed by atoms with Gasteiger partial charge in [-0.1, -0.05) is 91.0 Å². The van der Waals surface area contributed by atoms with Crippen molar-refractivity contribution in [2.24, 2.45) is 0 Å². The quantitative estimate of drug-likeness (QED) is 0.589. The normalized spacial score (nSPS) is 10.6. The zero-order valence-corrected chi connectivity index (χ0v) is 15.2. The van der Waals surface area contributed by atoms with E-state index < -0.39 is 6.09 Å². The van der Waals surface area contributed by atoms with Gasteiger partial charge in [0.1, 0.15) is 6.61 Å². The van der Waals surface area contributed by atoms with Gasteiger partial charge in [-0.25, -0.2) is 4.79 Å². The Bertz CT molecular complexity index is 768. The SMILES string of the molecule is O=C(NCCNC(c1ccccc1)c1ccccc1)OCc1ccccc1. The number of benzene rings is 3. The molecular weight excluding hydrogens is 336 g/mol. The molecule has 0 saturated carbocycles. The van der Waals surface area contributed by atoms with Gasteiger partial charge in [-0.15, -0.1) is 0 Å². The molecule has 4 heteroatoms. The lowest BCUT2D eigenvalue weighted by Gasteiger charge is -2.20. The fourth-order valence-corrected chi connectivity index (χ4v) is 2.87. The highest BCUT2D eigenvalue weighted by Crippen LogP contribution is 2.21. The zero-order valence-electron chi connectivity index (χ0n) is 15.2. The Kier molecular flexibility index (Phi) is 7.01. The molecule has 3 rings (SSSR count). The molecule has 0 aliphatic rings. The number of carbonyl (C=O) groups excluding carboxylic acids is 1. The van der Waals surface area contributed by atoms with E-state index in [9.17, 15) is 4.79 Å². The van der Waals surface area contributed by atoms with Crippen molar-refractivity contribution in [1.29, 1.82) is 0 Å². The summed E-state index contributed by atoms with van der Waals surface area (Å²) in [5.74, 6) is 0. The van der Waals surface area contributed by atoms with Gasteiger partial charge in [0.25, 0.3) is 0 Å².